The van der Waals surface area contributed by atoms with Crippen LogP contribution in [-0.2, 0) is 4.79 Å². The van der Waals surface area contributed by atoms with Gasteiger partial charge in [-0.05, 0) is 40.5 Å². The van der Waals surface area contributed by atoms with Gasteiger partial charge in [0, 0.05) is 9.50 Å². The summed E-state index contributed by atoms with van der Waals surface area (Å²) in [7, 11) is 0. The van der Waals surface area contributed by atoms with Crippen molar-refractivity contribution in [3.8, 4) is 6.07 Å². The van der Waals surface area contributed by atoms with Gasteiger partial charge in [-0.1, -0.05) is 11.6 Å². The van der Waals surface area contributed by atoms with Gasteiger partial charge < -0.3 is 5.32 Å². The first-order valence-electron chi connectivity index (χ1n) is 4.17. The Bertz CT molecular complexity index is 417. The van der Waals surface area contributed by atoms with Crippen LogP contribution in [0.5, 0.6) is 0 Å². The molecule has 1 N–H and O–H groups in total. The summed E-state index contributed by atoms with van der Waals surface area (Å²) in [6.07, 6.45) is -0.158. The fraction of sp³-hybridized carbons (Fsp3) is 0.200. The molecule has 1 rings (SSSR count). The van der Waals surface area contributed by atoms with Gasteiger partial charge in [-0.25, -0.2) is 0 Å². The Balaban J connectivity index is 2.96. The van der Waals surface area contributed by atoms with E-state index in [-0.39, 0.29) is 12.3 Å². The fourth-order valence-corrected chi connectivity index (χ4v) is 2.18. The summed E-state index contributed by atoms with van der Waals surface area (Å²) in [5.74, 6) is -0.330. The largest absolute Gasteiger partial charge is 0.324 e. The van der Waals surface area contributed by atoms with Crippen LogP contribution in [0.2, 0.25) is 5.02 Å². The third-order valence-electron chi connectivity index (χ3n) is 1.76. The fourth-order valence-electron chi connectivity index (χ4n) is 1.12. The monoisotopic (exact) mass is 286 g/mol. The number of halogens is 2. The Morgan fingerprint density at radius 1 is 1.67 bits per heavy atom. The predicted molar refractivity (Wildman–Crippen MR) is 62.7 cm³/mol. The minimum atomic E-state index is -0.330. The van der Waals surface area contributed by atoms with Crippen LogP contribution < -0.4 is 5.32 Å². The van der Waals surface area contributed by atoms with E-state index in [0.717, 1.165) is 5.56 Å². The van der Waals surface area contributed by atoms with Gasteiger partial charge in [0.1, 0.15) is 6.42 Å². The molecule has 5 heteroatoms. The van der Waals surface area contributed by atoms with Gasteiger partial charge in [0.2, 0.25) is 5.91 Å². The van der Waals surface area contributed by atoms with E-state index in [0.29, 0.717) is 15.2 Å². The van der Waals surface area contributed by atoms with E-state index in [1.54, 1.807) is 18.2 Å². The molecule has 0 saturated heterocycles. The van der Waals surface area contributed by atoms with Crippen LogP contribution in [0.3, 0.4) is 0 Å². The van der Waals surface area contributed by atoms with Crippen molar-refractivity contribution in [3.05, 3.63) is 27.2 Å². The maximum Gasteiger partial charge on any atom is 0.238 e. The van der Waals surface area contributed by atoms with Gasteiger partial charge in [0.05, 0.1) is 11.8 Å². The van der Waals surface area contributed by atoms with Crippen molar-refractivity contribution in [2.75, 3.05) is 5.32 Å². The Morgan fingerprint density at radius 3 is 2.87 bits per heavy atom. The zero-order chi connectivity index (χ0) is 11.4. The van der Waals surface area contributed by atoms with Gasteiger partial charge in [-0.2, -0.15) is 5.26 Å². The molecule has 0 bridgehead atoms. The number of nitrogens with zero attached hydrogens (tertiary/aromatic N) is 1. The quantitative estimate of drug-likeness (QED) is 0.907. The van der Waals surface area contributed by atoms with Crippen LogP contribution in [0.25, 0.3) is 0 Å². The number of amides is 1. The lowest BCUT2D eigenvalue weighted by atomic mass is 10.2. The number of anilines is 1. The summed E-state index contributed by atoms with van der Waals surface area (Å²) >= 11 is 9.12. The molecular weight excluding hydrogens is 279 g/mol. The highest BCUT2D eigenvalue weighted by molar-refractivity contribution is 9.10. The molecule has 3 nitrogen and oxygen atoms in total. The van der Waals surface area contributed by atoms with Gasteiger partial charge in [0.25, 0.3) is 0 Å². The normalized spacial score (nSPS) is 9.47. The number of carbonyl (C=O) groups is 1. The highest BCUT2D eigenvalue weighted by atomic mass is 79.9. The minimum Gasteiger partial charge on any atom is -0.324 e. The molecule has 0 radical (unpaired) electrons. The molecule has 0 atom stereocenters. The number of rotatable bonds is 2. The van der Waals surface area contributed by atoms with E-state index in [9.17, 15) is 4.79 Å². The second-order valence-corrected chi connectivity index (χ2v) is 4.25. The van der Waals surface area contributed by atoms with E-state index < -0.39 is 0 Å². The van der Waals surface area contributed by atoms with Gasteiger partial charge in [-0.15, -0.1) is 0 Å². The molecule has 0 aliphatic carbocycles. The van der Waals surface area contributed by atoms with Crippen molar-refractivity contribution in [2.24, 2.45) is 0 Å². The van der Waals surface area contributed by atoms with Crippen molar-refractivity contribution >= 4 is 39.1 Å². The molecule has 0 aliphatic rings. The van der Waals surface area contributed by atoms with Crippen LogP contribution in [-0.4, -0.2) is 5.91 Å². The van der Waals surface area contributed by atoms with E-state index in [1.165, 1.54) is 0 Å². The Kier molecular flexibility index (Phi) is 4.13. The zero-order valence-corrected chi connectivity index (χ0v) is 10.3. The summed E-state index contributed by atoms with van der Waals surface area (Å²) in [4.78, 5) is 11.2. The number of nitrogens with one attached hydrogen (secondary N) is 1. The standard InChI is InChI=1S/C10H8BrClN2O/c1-6-4-7(12)5-8(11)10(6)14-9(15)2-3-13/h4-5H,2H2,1H3,(H,14,15). The second-order valence-electron chi connectivity index (χ2n) is 2.96. The van der Waals surface area contributed by atoms with Crippen molar-refractivity contribution in [3.63, 3.8) is 0 Å². The Morgan fingerprint density at radius 2 is 2.33 bits per heavy atom. The van der Waals surface area contributed by atoms with E-state index in [4.69, 9.17) is 16.9 Å². The number of aryl methyl sites for hydroxylation is 1. The number of benzene rings is 1. The lowest BCUT2D eigenvalue weighted by Crippen LogP contribution is -2.11. The summed E-state index contributed by atoms with van der Waals surface area (Å²) < 4.78 is 0.707. The van der Waals surface area contributed by atoms with E-state index >= 15 is 0 Å². The molecule has 1 aromatic carbocycles. The maximum absolute atomic E-state index is 11.2. The Labute approximate surface area is 101 Å². The molecule has 0 aromatic heterocycles. The number of nitriles is 1. The summed E-state index contributed by atoms with van der Waals surface area (Å²) in [6, 6.07) is 5.22. The lowest BCUT2D eigenvalue weighted by molar-refractivity contribution is -0.115. The predicted octanol–water partition coefficient (Wildman–Crippen LogP) is 3.26. The highest BCUT2D eigenvalue weighted by Gasteiger charge is 2.08. The summed E-state index contributed by atoms with van der Waals surface area (Å²) in [5, 5.41) is 11.6. The summed E-state index contributed by atoms with van der Waals surface area (Å²) in [6.45, 7) is 1.83. The average molecular weight is 288 g/mol. The molecule has 1 amide bonds. The first-order valence-corrected chi connectivity index (χ1v) is 5.34. The van der Waals surface area contributed by atoms with E-state index in [2.05, 4.69) is 21.2 Å². The van der Waals surface area contributed by atoms with Crippen LogP contribution in [0.15, 0.2) is 16.6 Å². The highest BCUT2D eigenvalue weighted by Crippen LogP contribution is 2.29. The van der Waals surface area contributed by atoms with Crippen LogP contribution in [0.4, 0.5) is 5.69 Å². The number of carbonyl (C=O) groups excluding carboxylic acids is 1. The molecule has 0 aliphatic heterocycles. The topological polar surface area (TPSA) is 52.9 Å². The van der Waals surface area contributed by atoms with Crippen molar-refractivity contribution < 1.29 is 4.79 Å². The van der Waals surface area contributed by atoms with Gasteiger partial charge >= 0.3 is 0 Å². The van der Waals surface area contributed by atoms with Crippen molar-refractivity contribution in [2.45, 2.75) is 13.3 Å². The van der Waals surface area contributed by atoms with Crippen LogP contribution in [0, 0.1) is 18.3 Å². The second kappa shape index (κ2) is 5.15. The molecular formula is C10H8BrClN2O. The van der Waals surface area contributed by atoms with Crippen molar-refractivity contribution in [1.82, 2.24) is 0 Å². The molecule has 0 fully saturated rings. The smallest absolute Gasteiger partial charge is 0.238 e. The van der Waals surface area contributed by atoms with Crippen LogP contribution in [0.1, 0.15) is 12.0 Å². The molecule has 78 valence electrons. The van der Waals surface area contributed by atoms with Crippen molar-refractivity contribution in [1.29, 1.82) is 5.26 Å². The third-order valence-corrected chi connectivity index (χ3v) is 2.60. The minimum absolute atomic E-state index is 0.158. The average Bonchev–Trinajstić information content (AvgIpc) is 2.11. The molecule has 15 heavy (non-hydrogen) atoms. The molecule has 0 spiro atoms. The van der Waals surface area contributed by atoms with Gasteiger partial charge in [-0.3, -0.25) is 4.79 Å². The van der Waals surface area contributed by atoms with E-state index in [1.807, 2.05) is 6.92 Å². The first kappa shape index (κ1) is 12.0. The number of hydrogen-bond donors (Lipinski definition) is 1. The van der Waals surface area contributed by atoms with Crippen LogP contribution >= 0.6 is 27.5 Å². The SMILES string of the molecule is Cc1cc(Cl)cc(Br)c1NC(=O)CC#N. The maximum atomic E-state index is 11.2. The number of hydrogen-bond acceptors (Lipinski definition) is 2. The molecule has 0 unspecified atom stereocenters. The summed E-state index contributed by atoms with van der Waals surface area (Å²) in [5.41, 5.74) is 1.50. The lowest BCUT2D eigenvalue weighted by Gasteiger charge is -2.09. The molecule has 0 saturated carbocycles. The first-order chi connectivity index (χ1) is 7.04. The third kappa shape index (κ3) is 3.22. The molecule has 1 aromatic rings. The van der Waals surface area contributed by atoms with Gasteiger partial charge in [0.15, 0.2) is 0 Å². The zero-order valence-electron chi connectivity index (χ0n) is 7.97. The molecule has 0 heterocycles. The Hall–Kier alpha value is -1.05.